The zero-order chi connectivity index (χ0) is 24.1. The van der Waals surface area contributed by atoms with E-state index < -0.39 is 16.1 Å². The molecule has 1 amide bonds. The van der Waals surface area contributed by atoms with Crippen LogP contribution < -0.4 is 14.8 Å². The maximum absolute atomic E-state index is 12.9. The van der Waals surface area contributed by atoms with Gasteiger partial charge in [0.25, 0.3) is 15.9 Å². The van der Waals surface area contributed by atoms with Gasteiger partial charge in [-0.05, 0) is 66.8 Å². The van der Waals surface area contributed by atoms with Gasteiger partial charge in [-0.15, -0.1) is 0 Å². The van der Waals surface area contributed by atoms with E-state index in [0.29, 0.717) is 23.5 Å². The molecule has 0 saturated heterocycles. The molecule has 0 aliphatic heterocycles. The Morgan fingerprint density at radius 3 is 2.35 bits per heavy atom. The molecule has 0 spiro atoms. The number of nitrogens with one attached hydrogen (secondary N) is 2. The number of hydrogen-bond acceptors (Lipinski definition) is 4. The van der Waals surface area contributed by atoms with Gasteiger partial charge in [-0.1, -0.05) is 55.5 Å². The van der Waals surface area contributed by atoms with E-state index in [1.807, 2.05) is 74.5 Å². The minimum atomic E-state index is -3.80. The zero-order valence-corrected chi connectivity index (χ0v) is 19.8. The number of aryl methyl sites for hydroxylation is 1. The molecule has 6 nitrogen and oxygen atoms in total. The van der Waals surface area contributed by atoms with Crippen molar-refractivity contribution in [3.63, 3.8) is 0 Å². The predicted molar refractivity (Wildman–Crippen MR) is 136 cm³/mol. The Morgan fingerprint density at radius 2 is 1.62 bits per heavy atom. The third-order valence-corrected chi connectivity index (χ3v) is 6.78. The topological polar surface area (TPSA) is 84.5 Å². The number of amides is 1. The number of fused-ring (bicyclic) bond motifs is 1. The summed E-state index contributed by atoms with van der Waals surface area (Å²) in [6.07, 6.45) is -0.181. The summed E-state index contributed by atoms with van der Waals surface area (Å²) in [7, 11) is -3.80. The average molecular weight is 475 g/mol. The summed E-state index contributed by atoms with van der Waals surface area (Å²) in [6, 6.07) is 26.6. The summed E-state index contributed by atoms with van der Waals surface area (Å²) in [5.74, 6) is 0.330. The van der Waals surface area contributed by atoms with Gasteiger partial charge in [0.1, 0.15) is 5.75 Å². The maximum Gasteiger partial charge on any atom is 0.265 e. The first kappa shape index (κ1) is 23.3. The molecule has 0 fully saturated rings. The largest absolute Gasteiger partial charge is 0.481 e. The molecule has 34 heavy (non-hydrogen) atoms. The molecule has 174 valence electrons. The van der Waals surface area contributed by atoms with Gasteiger partial charge in [0.05, 0.1) is 10.6 Å². The van der Waals surface area contributed by atoms with E-state index in [1.54, 1.807) is 18.2 Å². The number of anilines is 2. The van der Waals surface area contributed by atoms with Gasteiger partial charge < -0.3 is 10.1 Å². The van der Waals surface area contributed by atoms with Crippen molar-refractivity contribution >= 4 is 38.1 Å². The lowest BCUT2D eigenvalue weighted by Gasteiger charge is -2.18. The smallest absolute Gasteiger partial charge is 0.265 e. The Kier molecular flexibility index (Phi) is 6.84. The Morgan fingerprint density at radius 1 is 0.912 bits per heavy atom. The third kappa shape index (κ3) is 5.38. The highest BCUT2D eigenvalue weighted by Crippen LogP contribution is 2.26. The minimum Gasteiger partial charge on any atom is -0.481 e. The molecule has 0 unspecified atom stereocenters. The highest BCUT2D eigenvalue weighted by molar-refractivity contribution is 7.92. The number of carbonyl (C=O) groups excluding carboxylic acids is 1. The SMILES string of the molecule is CC[C@H](Oc1cccc(C)c1)C(=O)Nc1ccc(S(=O)(=O)Nc2cccc3ccccc23)cc1. The molecule has 4 aromatic carbocycles. The third-order valence-electron chi connectivity index (χ3n) is 5.40. The Balaban J connectivity index is 1.46. The summed E-state index contributed by atoms with van der Waals surface area (Å²) in [5, 5.41) is 4.56. The van der Waals surface area contributed by atoms with Crippen molar-refractivity contribution in [2.24, 2.45) is 0 Å². The van der Waals surface area contributed by atoms with Gasteiger partial charge in [0, 0.05) is 11.1 Å². The fraction of sp³-hybridized carbons (Fsp3) is 0.148. The van der Waals surface area contributed by atoms with Crippen molar-refractivity contribution < 1.29 is 17.9 Å². The van der Waals surface area contributed by atoms with Crippen molar-refractivity contribution in [1.29, 1.82) is 0 Å². The molecular weight excluding hydrogens is 448 g/mol. The number of rotatable bonds is 8. The van der Waals surface area contributed by atoms with Crippen molar-refractivity contribution in [3.8, 4) is 5.75 Å². The van der Waals surface area contributed by atoms with E-state index in [9.17, 15) is 13.2 Å². The molecule has 0 saturated carbocycles. The van der Waals surface area contributed by atoms with Crippen LogP contribution in [-0.4, -0.2) is 20.4 Å². The van der Waals surface area contributed by atoms with E-state index in [1.165, 1.54) is 12.1 Å². The van der Waals surface area contributed by atoms with Crippen LogP contribution in [0.3, 0.4) is 0 Å². The number of sulfonamides is 1. The lowest BCUT2D eigenvalue weighted by atomic mass is 10.1. The molecule has 0 aromatic heterocycles. The normalized spacial score (nSPS) is 12.2. The van der Waals surface area contributed by atoms with Gasteiger partial charge in [-0.25, -0.2) is 8.42 Å². The summed E-state index contributed by atoms with van der Waals surface area (Å²) in [5.41, 5.74) is 2.04. The molecule has 4 aromatic rings. The van der Waals surface area contributed by atoms with Crippen LogP contribution in [0, 0.1) is 6.92 Å². The zero-order valence-electron chi connectivity index (χ0n) is 19.0. The van der Waals surface area contributed by atoms with Crippen LogP contribution in [0.25, 0.3) is 10.8 Å². The lowest BCUT2D eigenvalue weighted by molar-refractivity contribution is -0.122. The molecule has 0 aliphatic carbocycles. The summed E-state index contributed by atoms with van der Waals surface area (Å²) >= 11 is 0. The maximum atomic E-state index is 12.9. The van der Waals surface area contributed by atoms with E-state index in [4.69, 9.17) is 4.74 Å². The Hall–Kier alpha value is -3.84. The van der Waals surface area contributed by atoms with E-state index in [0.717, 1.165) is 16.3 Å². The molecule has 7 heteroatoms. The fourth-order valence-electron chi connectivity index (χ4n) is 3.63. The van der Waals surface area contributed by atoms with Crippen LogP contribution in [0.1, 0.15) is 18.9 Å². The molecule has 4 rings (SSSR count). The standard InChI is InChI=1S/C27H26N2O4S/c1-3-26(33-22-11-6-8-19(2)18-22)27(30)28-21-14-16-23(17-15-21)34(31,32)29-25-13-7-10-20-9-4-5-12-24(20)25/h4-18,26,29H,3H2,1-2H3,(H,28,30)/t26-/m0/s1. The van der Waals surface area contributed by atoms with E-state index >= 15 is 0 Å². The monoisotopic (exact) mass is 474 g/mol. The van der Waals surface area contributed by atoms with Crippen LogP contribution >= 0.6 is 0 Å². The lowest BCUT2D eigenvalue weighted by Crippen LogP contribution is -2.32. The second kappa shape index (κ2) is 9.97. The number of hydrogen-bond donors (Lipinski definition) is 2. The van der Waals surface area contributed by atoms with Crippen molar-refractivity contribution in [2.45, 2.75) is 31.3 Å². The first-order valence-electron chi connectivity index (χ1n) is 11.0. The highest BCUT2D eigenvalue weighted by Gasteiger charge is 2.20. The van der Waals surface area contributed by atoms with Crippen molar-refractivity contribution in [2.75, 3.05) is 10.0 Å². The van der Waals surface area contributed by atoms with Crippen LogP contribution in [0.5, 0.6) is 5.75 Å². The first-order valence-corrected chi connectivity index (χ1v) is 12.5. The molecule has 2 N–H and O–H groups in total. The van der Waals surface area contributed by atoms with Gasteiger partial charge in [-0.3, -0.25) is 9.52 Å². The van der Waals surface area contributed by atoms with Crippen LogP contribution in [0.2, 0.25) is 0 Å². The molecule has 0 aliphatic rings. The first-order chi connectivity index (χ1) is 16.4. The van der Waals surface area contributed by atoms with E-state index in [-0.39, 0.29) is 10.8 Å². The summed E-state index contributed by atoms with van der Waals surface area (Å²) < 4.78 is 34.4. The minimum absolute atomic E-state index is 0.0986. The predicted octanol–water partition coefficient (Wildman–Crippen LogP) is 5.75. The van der Waals surface area contributed by atoms with Gasteiger partial charge >= 0.3 is 0 Å². The molecular formula is C27H26N2O4S. The molecule has 0 bridgehead atoms. The summed E-state index contributed by atoms with van der Waals surface area (Å²) in [4.78, 5) is 12.8. The van der Waals surface area contributed by atoms with Gasteiger partial charge in [0.2, 0.25) is 0 Å². The quantitative estimate of drug-likeness (QED) is 0.341. The van der Waals surface area contributed by atoms with Crippen molar-refractivity contribution in [3.05, 3.63) is 96.6 Å². The van der Waals surface area contributed by atoms with Crippen LogP contribution in [0.4, 0.5) is 11.4 Å². The van der Waals surface area contributed by atoms with E-state index in [2.05, 4.69) is 10.0 Å². The number of ether oxygens (including phenoxy) is 1. The van der Waals surface area contributed by atoms with Crippen molar-refractivity contribution in [1.82, 2.24) is 0 Å². The van der Waals surface area contributed by atoms with Gasteiger partial charge in [0.15, 0.2) is 6.10 Å². The van der Waals surface area contributed by atoms with Gasteiger partial charge in [-0.2, -0.15) is 0 Å². The Bertz CT molecular complexity index is 1410. The second-order valence-electron chi connectivity index (χ2n) is 7.98. The molecule has 0 heterocycles. The Labute approximate surface area is 199 Å². The summed E-state index contributed by atoms with van der Waals surface area (Å²) in [6.45, 7) is 3.83. The van der Waals surface area contributed by atoms with Crippen LogP contribution in [-0.2, 0) is 14.8 Å². The fourth-order valence-corrected chi connectivity index (χ4v) is 4.71. The molecule has 0 radical (unpaired) electrons. The number of carbonyl (C=O) groups is 1. The number of benzene rings is 4. The van der Waals surface area contributed by atoms with Crippen LogP contribution in [0.15, 0.2) is 95.9 Å². The second-order valence-corrected chi connectivity index (χ2v) is 9.66. The average Bonchev–Trinajstić information content (AvgIpc) is 2.83. The highest BCUT2D eigenvalue weighted by atomic mass is 32.2. The molecule has 1 atom stereocenters.